The first-order valence-electron chi connectivity index (χ1n) is 10.5. The number of para-hydroxylation sites is 1. The van der Waals surface area contributed by atoms with Crippen LogP contribution in [0.3, 0.4) is 0 Å². The first-order chi connectivity index (χ1) is 16.0. The van der Waals surface area contributed by atoms with Crippen LogP contribution in [-0.4, -0.2) is 29.7 Å². The Balaban J connectivity index is 1.62. The molecule has 0 saturated carbocycles. The fourth-order valence-electron chi connectivity index (χ4n) is 4.34. The van der Waals surface area contributed by atoms with Crippen LogP contribution in [0.5, 0.6) is 5.75 Å². The maximum atomic E-state index is 15.1. The number of halogens is 1. The Hall–Kier alpha value is -3.91. The van der Waals surface area contributed by atoms with Crippen molar-refractivity contribution >= 4 is 22.6 Å². The number of furan rings is 1. The summed E-state index contributed by atoms with van der Waals surface area (Å²) < 4.78 is 27.2. The minimum Gasteiger partial charge on any atom is -0.481 e. The summed E-state index contributed by atoms with van der Waals surface area (Å²) in [6.07, 6.45) is 2.56. The summed E-state index contributed by atoms with van der Waals surface area (Å²) in [6, 6.07) is 12.7. The van der Waals surface area contributed by atoms with Crippen LogP contribution < -0.4 is 15.4 Å². The molecule has 5 rings (SSSR count). The van der Waals surface area contributed by atoms with E-state index < -0.39 is 17.9 Å². The van der Waals surface area contributed by atoms with Crippen LogP contribution >= 0.6 is 0 Å². The first-order valence-corrected chi connectivity index (χ1v) is 10.5. The molecule has 8 heteroatoms. The molecule has 2 aromatic heterocycles. The van der Waals surface area contributed by atoms with E-state index in [4.69, 9.17) is 14.9 Å². The predicted octanol–water partition coefficient (Wildman–Crippen LogP) is 4.29. The molecular formula is C25H22FN3O4. The predicted molar refractivity (Wildman–Crippen MR) is 122 cm³/mol. The molecule has 7 nitrogen and oxygen atoms in total. The molecule has 2 aromatic carbocycles. The van der Waals surface area contributed by atoms with Crippen LogP contribution in [0.15, 0.2) is 59.3 Å². The minimum atomic E-state index is -0.928. The lowest BCUT2D eigenvalue weighted by molar-refractivity contribution is -0.136. The number of aromatic nitrogens is 1. The summed E-state index contributed by atoms with van der Waals surface area (Å²) in [5, 5.41) is 10.1. The van der Waals surface area contributed by atoms with E-state index in [9.17, 15) is 9.90 Å². The number of anilines is 1. The highest BCUT2D eigenvalue weighted by atomic mass is 19.1. The molecule has 1 aliphatic rings. The van der Waals surface area contributed by atoms with Crippen LogP contribution in [0, 0.1) is 5.82 Å². The lowest BCUT2D eigenvalue weighted by Gasteiger charge is -2.35. The van der Waals surface area contributed by atoms with Gasteiger partial charge in [-0.3, -0.25) is 9.78 Å². The average Bonchev–Trinajstić information content (AvgIpc) is 3.28. The number of hydrogen-bond acceptors (Lipinski definition) is 6. The number of likely N-dealkylation sites (N-methyl/N-ethyl adjacent to an activating group) is 1. The number of nitrogens with zero attached hydrogens (tertiary/aromatic N) is 2. The number of benzene rings is 2. The zero-order valence-electron chi connectivity index (χ0n) is 17.9. The van der Waals surface area contributed by atoms with Crippen LogP contribution in [0.25, 0.3) is 22.1 Å². The number of pyridine rings is 1. The summed E-state index contributed by atoms with van der Waals surface area (Å²) in [7, 11) is 1.94. The zero-order valence-corrected chi connectivity index (χ0v) is 17.9. The van der Waals surface area contributed by atoms with Crippen molar-refractivity contribution in [1.82, 2.24) is 4.98 Å². The molecule has 4 aromatic rings. The fraction of sp³-hybridized carbons (Fsp3) is 0.200. The molecule has 0 bridgehead atoms. The molecule has 3 heterocycles. The van der Waals surface area contributed by atoms with Crippen molar-refractivity contribution in [2.24, 2.45) is 5.73 Å². The summed E-state index contributed by atoms with van der Waals surface area (Å²) >= 11 is 0. The van der Waals surface area contributed by atoms with Crippen LogP contribution in [0.1, 0.15) is 22.9 Å². The van der Waals surface area contributed by atoms with E-state index in [0.29, 0.717) is 34.6 Å². The minimum absolute atomic E-state index is 0.0136. The van der Waals surface area contributed by atoms with Crippen molar-refractivity contribution < 1.29 is 23.4 Å². The second-order valence-corrected chi connectivity index (χ2v) is 8.05. The summed E-state index contributed by atoms with van der Waals surface area (Å²) in [6.45, 7) is 0.527. The van der Waals surface area contributed by atoms with Gasteiger partial charge in [0.15, 0.2) is 5.82 Å². The Morgan fingerprint density at radius 1 is 1.27 bits per heavy atom. The number of carboxylic acids is 1. The zero-order chi connectivity index (χ0) is 23.1. The first kappa shape index (κ1) is 21.0. The maximum Gasteiger partial charge on any atom is 0.307 e. The quantitative estimate of drug-likeness (QED) is 0.471. The molecule has 1 atom stereocenters. The Morgan fingerprint density at radius 3 is 2.91 bits per heavy atom. The lowest BCUT2D eigenvalue weighted by Crippen LogP contribution is -2.32. The largest absolute Gasteiger partial charge is 0.481 e. The number of ether oxygens (including phenoxy) is 1. The van der Waals surface area contributed by atoms with Gasteiger partial charge in [-0.1, -0.05) is 12.1 Å². The fourth-order valence-corrected chi connectivity index (χ4v) is 4.34. The smallest absolute Gasteiger partial charge is 0.307 e. The van der Waals surface area contributed by atoms with Gasteiger partial charge in [-0.15, -0.1) is 0 Å². The standard InChI is InChI=1S/C25H22FN3O4/c1-29-13-21(33-25-14(11-22(30)31)3-2-4-20(25)29)16-9-15-6-8-32-24(15)18(10-16)17-5-7-28-19(12-27)23(17)26/h2-10,21H,11-13,27H2,1H3,(H,30,31)/t21-/m1/s1. The van der Waals surface area contributed by atoms with Gasteiger partial charge in [0.2, 0.25) is 0 Å². The number of carboxylic acid groups (broad SMARTS) is 1. The lowest BCUT2D eigenvalue weighted by atomic mass is 9.96. The van der Waals surface area contributed by atoms with Crippen molar-refractivity contribution in [1.29, 1.82) is 0 Å². The number of carbonyl (C=O) groups is 1. The molecule has 0 amide bonds. The Morgan fingerprint density at radius 2 is 2.12 bits per heavy atom. The van der Waals surface area contributed by atoms with Gasteiger partial charge in [0, 0.05) is 41.9 Å². The van der Waals surface area contributed by atoms with Gasteiger partial charge in [0.25, 0.3) is 0 Å². The molecule has 0 unspecified atom stereocenters. The van der Waals surface area contributed by atoms with Crippen molar-refractivity contribution in [3.63, 3.8) is 0 Å². The summed E-state index contributed by atoms with van der Waals surface area (Å²) in [5.41, 5.74) is 9.59. The number of aliphatic carboxylic acids is 1. The maximum absolute atomic E-state index is 15.1. The van der Waals surface area contributed by atoms with Crippen molar-refractivity contribution in [3.05, 3.63) is 77.6 Å². The van der Waals surface area contributed by atoms with E-state index in [2.05, 4.69) is 4.98 Å². The third-order valence-corrected chi connectivity index (χ3v) is 5.92. The third-order valence-electron chi connectivity index (χ3n) is 5.92. The molecule has 0 aliphatic carbocycles. The number of hydrogen-bond donors (Lipinski definition) is 2. The molecule has 0 saturated heterocycles. The van der Waals surface area contributed by atoms with Crippen LogP contribution in [0.2, 0.25) is 0 Å². The van der Waals surface area contributed by atoms with Gasteiger partial charge in [0.1, 0.15) is 17.4 Å². The normalized spacial score (nSPS) is 15.4. The highest BCUT2D eigenvalue weighted by Crippen LogP contribution is 2.42. The van der Waals surface area contributed by atoms with Crippen molar-refractivity contribution in [2.45, 2.75) is 19.1 Å². The summed E-state index contributed by atoms with van der Waals surface area (Å²) in [4.78, 5) is 17.4. The Kier molecular flexibility index (Phi) is 5.22. The third kappa shape index (κ3) is 3.68. The molecule has 0 fully saturated rings. The second-order valence-electron chi connectivity index (χ2n) is 8.05. The average molecular weight is 447 g/mol. The van der Waals surface area contributed by atoms with Gasteiger partial charge >= 0.3 is 5.97 Å². The SMILES string of the molecule is CN1C[C@H](c2cc(-c3ccnc(CN)c3F)c3occc3c2)Oc2c(CC(=O)O)cccc21. The number of fused-ring (bicyclic) bond motifs is 2. The Labute approximate surface area is 189 Å². The second kappa shape index (κ2) is 8.22. The van der Waals surface area contributed by atoms with Gasteiger partial charge in [0.05, 0.1) is 30.6 Å². The number of nitrogens with two attached hydrogens (primary N) is 1. The van der Waals surface area contributed by atoms with E-state index >= 15 is 4.39 Å². The highest BCUT2D eigenvalue weighted by Gasteiger charge is 2.29. The van der Waals surface area contributed by atoms with E-state index in [1.165, 1.54) is 6.20 Å². The highest BCUT2D eigenvalue weighted by molar-refractivity contribution is 5.93. The van der Waals surface area contributed by atoms with E-state index in [0.717, 1.165) is 16.6 Å². The van der Waals surface area contributed by atoms with Crippen LogP contribution in [-0.2, 0) is 17.8 Å². The van der Waals surface area contributed by atoms with Gasteiger partial charge < -0.3 is 24.9 Å². The molecular weight excluding hydrogens is 425 g/mol. The molecule has 0 radical (unpaired) electrons. The monoisotopic (exact) mass is 447 g/mol. The van der Waals surface area contributed by atoms with Gasteiger partial charge in [-0.25, -0.2) is 4.39 Å². The topological polar surface area (TPSA) is 102 Å². The van der Waals surface area contributed by atoms with E-state index in [1.54, 1.807) is 18.4 Å². The van der Waals surface area contributed by atoms with Gasteiger partial charge in [-0.2, -0.15) is 0 Å². The Bertz CT molecular complexity index is 1370. The number of rotatable bonds is 5. The van der Waals surface area contributed by atoms with Crippen molar-refractivity contribution in [3.8, 4) is 16.9 Å². The van der Waals surface area contributed by atoms with Crippen LogP contribution in [0.4, 0.5) is 10.1 Å². The van der Waals surface area contributed by atoms with Gasteiger partial charge in [-0.05, 0) is 35.9 Å². The molecule has 3 N–H and O–H groups in total. The summed E-state index contributed by atoms with van der Waals surface area (Å²) in [5.74, 6) is -0.860. The molecule has 33 heavy (non-hydrogen) atoms. The van der Waals surface area contributed by atoms with E-state index in [1.807, 2.05) is 42.3 Å². The van der Waals surface area contributed by atoms with Crippen molar-refractivity contribution in [2.75, 3.05) is 18.5 Å². The molecule has 0 spiro atoms. The molecule has 1 aliphatic heterocycles. The molecule has 168 valence electrons. The van der Waals surface area contributed by atoms with E-state index in [-0.39, 0.29) is 18.7 Å².